The second kappa shape index (κ2) is 7.27. The Bertz CT molecular complexity index is 775. The van der Waals surface area contributed by atoms with E-state index in [9.17, 15) is 9.90 Å². The van der Waals surface area contributed by atoms with Gasteiger partial charge in [0.05, 0.1) is 24.7 Å². The van der Waals surface area contributed by atoms with E-state index < -0.39 is 0 Å². The van der Waals surface area contributed by atoms with Crippen molar-refractivity contribution in [1.29, 1.82) is 0 Å². The Labute approximate surface area is 147 Å². The van der Waals surface area contributed by atoms with Crippen molar-refractivity contribution in [3.8, 4) is 11.6 Å². The molecule has 0 bridgehead atoms. The quantitative estimate of drug-likeness (QED) is 0.840. The van der Waals surface area contributed by atoms with E-state index in [4.69, 9.17) is 9.47 Å². The van der Waals surface area contributed by atoms with Crippen LogP contribution < -0.4 is 14.8 Å². The molecule has 2 heterocycles. The standard InChI is InChI=1S/C19H24N2O4/c1-11(2)25-17-8-16-13(6-12(17)3)4-5-20-19(16)24-10-15-7-14(9-22)18(23)21-15/h4-6,8,11,14-15,22H,7,9-10H2,1-3H3,(H,21,23). The van der Waals surface area contributed by atoms with E-state index in [1.165, 1.54) is 0 Å². The predicted molar refractivity (Wildman–Crippen MR) is 94.9 cm³/mol. The van der Waals surface area contributed by atoms with E-state index in [0.29, 0.717) is 18.9 Å². The highest BCUT2D eigenvalue weighted by Crippen LogP contribution is 2.31. The lowest BCUT2D eigenvalue weighted by Gasteiger charge is -2.16. The van der Waals surface area contributed by atoms with Crippen molar-refractivity contribution < 1.29 is 19.4 Å². The maximum absolute atomic E-state index is 11.7. The number of nitrogens with zero attached hydrogens (tertiary/aromatic N) is 1. The number of ether oxygens (including phenoxy) is 2. The molecule has 1 amide bonds. The Morgan fingerprint density at radius 3 is 2.88 bits per heavy atom. The Morgan fingerprint density at radius 2 is 2.20 bits per heavy atom. The zero-order valence-electron chi connectivity index (χ0n) is 14.8. The molecule has 6 nitrogen and oxygen atoms in total. The number of aryl methyl sites for hydroxylation is 1. The summed E-state index contributed by atoms with van der Waals surface area (Å²) in [6.45, 7) is 6.18. The molecule has 1 fully saturated rings. The minimum Gasteiger partial charge on any atom is -0.491 e. The van der Waals surface area contributed by atoms with E-state index in [1.807, 2.05) is 32.9 Å². The summed E-state index contributed by atoms with van der Waals surface area (Å²) in [7, 11) is 0. The fraction of sp³-hybridized carbons (Fsp3) is 0.474. The van der Waals surface area contributed by atoms with Gasteiger partial charge in [-0.1, -0.05) is 0 Å². The van der Waals surface area contributed by atoms with Gasteiger partial charge in [-0.25, -0.2) is 4.98 Å². The summed E-state index contributed by atoms with van der Waals surface area (Å²) in [5.41, 5.74) is 1.06. The summed E-state index contributed by atoms with van der Waals surface area (Å²) in [5.74, 6) is 0.871. The van der Waals surface area contributed by atoms with E-state index in [2.05, 4.69) is 16.4 Å². The van der Waals surface area contributed by atoms with Crippen LogP contribution in [0.5, 0.6) is 11.6 Å². The highest BCUT2D eigenvalue weighted by Gasteiger charge is 2.31. The zero-order valence-corrected chi connectivity index (χ0v) is 14.8. The predicted octanol–water partition coefficient (Wildman–Crippen LogP) is 2.21. The monoisotopic (exact) mass is 344 g/mol. The summed E-state index contributed by atoms with van der Waals surface area (Å²) >= 11 is 0. The van der Waals surface area contributed by atoms with Crippen LogP contribution >= 0.6 is 0 Å². The van der Waals surface area contributed by atoms with Gasteiger partial charge in [0, 0.05) is 11.6 Å². The van der Waals surface area contributed by atoms with Gasteiger partial charge in [-0.15, -0.1) is 0 Å². The molecule has 2 N–H and O–H groups in total. The van der Waals surface area contributed by atoms with Crippen molar-refractivity contribution in [2.45, 2.75) is 39.3 Å². The molecule has 25 heavy (non-hydrogen) atoms. The van der Waals surface area contributed by atoms with Crippen LogP contribution in [0.4, 0.5) is 0 Å². The average molecular weight is 344 g/mol. The minimum absolute atomic E-state index is 0.0845. The molecule has 1 aliphatic rings. The molecular formula is C19H24N2O4. The SMILES string of the molecule is Cc1cc2ccnc(OCC3CC(CO)C(=O)N3)c2cc1OC(C)C. The topological polar surface area (TPSA) is 80.7 Å². The van der Waals surface area contributed by atoms with Crippen LogP contribution in [0.25, 0.3) is 10.8 Å². The van der Waals surface area contributed by atoms with Crippen molar-refractivity contribution in [2.24, 2.45) is 5.92 Å². The minimum atomic E-state index is -0.345. The number of amides is 1. The van der Waals surface area contributed by atoms with Crippen molar-refractivity contribution in [3.63, 3.8) is 0 Å². The fourth-order valence-electron chi connectivity index (χ4n) is 3.06. The molecule has 1 saturated heterocycles. The number of rotatable bonds is 6. The van der Waals surface area contributed by atoms with Crippen LogP contribution in [0.2, 0.25) is 0 Å². The molecule has 0 saturated carbocycles. The number of aromatic nitrogens is 1. The van der Waals surface area contributed by atoms with Crippen LogP contribution in [0.3, 0.4) is 0 Å². The fourth-order valence-corrected chi connectivity index (χ4v) is 3.06. The van der Waals surface area contributed by atoms with Crippen LogP contribution in [-0.2, 0) is 4.79 Å². The van der Waals surface area contributed by atoms with Crippen molar-refractivity contribution in [3.05, 3.63) is 30.0 Å². The third kappa shape index (κ3) is 3.85. The van der Waals surface area contributed by atoms with E-state index in [-0.39, 0.29) is 30.6 Å². The number of carbonyl (C=O) groups excluding carboxylic acids is 1. The molecule has 134 valence electrons. The number of hydrogen-bond donors (Lipinski definition) is 2. The average Bonchev–Trinajstić information content (AvgIpc) is 2.93. The number of carbonyl (C=O) groups is 1. The first-order chi connectivity index (χ1) is 12.0. The molecule has 0 spiro atoms. The highest BCUT2D eigenvalue weighted by molar-refractivity contribution is 5.89. The van der Waals surface area contributed by atoms with Gasteiger partial charge < -0.3 is 19.9 Å². The van der Waals surface area contributed by atoms with E-state index in [1.54, 1.807) is 6.20 Å². The number of benzene rings is 1. The van der Waals surface area contributed by atoms with E-state index >= 15 is 0 Å². The Morgan fingerprint density at radius 1 is 1.40 bits per heavy atom. The summed E-state index contributed by atoms with van der Waals surface area (Å²) in [6.07, 6.45) is 2.37. The second-order valence-electron chi connectivity index (χ2n) is 6.75. The summed E-state index contributed by atoms with van der Waals surface area (Å²) in [6, 6.07) is 5.84. The first kappa shape index (κ1) is 17.5. The van der Waals surface area contributed by atoms with Gasteiger partial charge in [0.2, 0.25) is 11.8 Å². The maximum atomic E-state index is 11.7. The Hall–Kier alpha value is -2.34. The molecule has 3 rings (SSSR count). The molecule has 2 unspecified atom stereocenters. The molecule has 6 heteroatoms. The van der Waals surface area contributed by atoms with Gasteiger partial charge in [-0.2, -0.15) is 0 Å². The largest absolute Gasteiger partial charge is 0.491 e. The van der Waals surface area contributed by atoms with Crippen LogP contribution in [0.1, 0.15) is 25.8 Å². The van der Waals surface area contributed by atoms with Crippen molar-refractivity contribution in [2.75, 3.05) is 13.2 Å². The number of hydrogen-bond acceptors (Lipinski definition) is 5. The lowest BCUT2D eigenvalue weighted by molar-refractivity contribution is -0.123. The zero-order chi connectivity index (χ0) is 18.0. The summed E-state index contributed by atoms with van der Waals surface area (Å²) in [4.78, 5) is 16.0. The van der Waals surface area contributed by atoms with Gasteiger partial charge >= 0.3 is 0 Å². The van der Waals surface area contributed by atoms with Gasteiger partial charge in [0.25, 0.3) is 0 Å². The molecule has 1 aliphatic heterocycles. The first-order valence-corrected chi connectivity index (χ1v) is 8.58. The van der Waals surface area contributed by atoms with Gasteiger partial charge in [-0.05, 0) is 56.3 Å². The third-order valence-electron chi connectivity index (χ3n) is 4.31. The van der Waals surface area contributed by atoms with E-state index in [0.717, 1.165) is 22.1 Å². The van der Waals surface area contributed by atoms with Gasteiger partial charge in [-0.3, -0.25) is 4.79 Å². The molecule has 0 aliphatic carbocycles. The van der Waals surface area contributed by atoms with Crippen molar-refractivity contribution in [1.82, 2.24) is 10.3 Å². The lowest BCUT2D eigenvalue weighted by Crippen LogP contribution is -2.31. The van der Waals surface area contributed by atoms with Crippen LogP contribution in [-0.4, -0.2) is 41.4 Å². The Balaban J connectivity index is 1.80. The third-order valence-corrected chi connectivity index (χ3v) is 4.31. The van der Waals surface area contributed by atoms with Crippen molar-refractivity contribution >= 4 is 16.7 Å². The molecular weight excluding hydrogens is 320 g/mol. The van der Waals surface area contributed by atoms with Gasteiger partial charge in [0.1, 0.15) is 12.4 Å². The number of pyridine rings is 1. The maximum Gasteiger partial charge on any atom is 0.225 e. The number of nitrogens with one attached hydrogen (secondary N) is 1. The normalized spacial score (nSPS) is 20.1. The van der Waals surface area contributed by atoms with Gasteiger partial charge in [0.15, 0.2) is 0 Å². The highest BCUT2D eigenvalue weighted by atomic mass is 16.5. The molecule has 2 aromatic rings. The number of aliphatic hydroxyl groups is 1. The number of aliphatic hydroxyl groups excluding tert-OH is 1. The molecule has 1 aromatic carbocycles. The molecule has 0 radical (unpaired) electrons. The Kier molecular flexibility index (Phi) is 5.08. The summed E-state index contributed by atoms with van der Waals surface area (Å²) in [5, 5.41) is 13.9. The lowest BCUT2D eigenvalue weighted by atomic mass is 10.1. The molecule has 1 aromatic heterocycles. The second-order valence-corrected chi connectivity index (χ2v) is 6.75. The van der Waals surface area contributed by atoms with Crippen LogP contribution in [0, 0.1) is 12.8 Å². The van der Waals surface area contributed by atoms with Crippen LogP contribution in [0.15, 0.2) is 24.4 Å². The number of fused-ring (bicyclic) bond motifs is 1. The summed E-state index contributed by atoms with van der Waals surface area (Å²) < 4.78 is 11.7. The smallest absolute Gasteiger partial charge is 0.225 e. The molecule has 2 atom stereocenters. The first-order valence-electron chi connectivity index (χ1n) is 8.58.